The highest BCUT2D eigenvalue weighted by atomic mass is 32.2. The first-order valence-electron chi connectivity index (χ1n) is 9.83. The number of nitro groups is 1. The molecule has 1 aliphatic heterocycles. The molecule has 0 aromatic heterocycles. The Balaban J connectivity index is 1.41. The Labute approximate surface area is 195 Å². The molecule has 33 heavy (non-hydrogen) atoms. The average molecular weight is 483 g/mol. The SMILES string of the molecule is O=C(NC(=S)Nc1ccc(S(=O)(=O)N2CCc3ccccc32)cc1)c1ccc([N+](=O)[O-])cc1. The van der Waals surface area contributed by atoms with Gasteiger partial charge in [-0.3, -0.25) is 24.5 Å². The molecule has 1 aliphatic rings. The summed E-state index contributed by atoms with van der Waals surface area (Å²) in [6, 6.07) is 18.6. The average Bonchev–Trinajstić information content (AvgIpc) is 3.24. The number of non-ortho nitro benzene ring substituents is 1. The van der Waals surface area contributed by atoms with Crippen LogP contribution >= 0.6 is 12.2 Å². The van der Waals surface area contributed by atoms with E-state index in [9.17, 15) is 23.3 Å². The van der Waals surface area contributed by atoms with Crippen molar-refractivity contribution in [3.8, 4) is 0 Å². The second-order valence-electron chi connectivity index (χ2n) is 7.19. The fourth-order valence-electron chi connectivity index (χ4n) is 3.47. The molecule has 9 nitrogen and oxygen atoms in total. The predicted molar refractivity (Wildman–Crippen MR) is 128 cm³/mol. The minimum absolute atomic E-state index is 0.00225. The molecule has 0 fully saturated rings. The van der Waals surface area contributed by atoms with Crippen LogP contribution in [0.3, 0.4) is 0 Å². The van der Waals surface area contributed by atoms with Crippen LogP contribution in [0.15, 0.2) is 77.7 Å². The molecule has 11 heteroatoms. The number of thiocarbonyl (C=S) groups is 1. The van der Waals surface area contributed by atoms with Crippen LogP contribution in [-0.2, 0) is 16.4 Å². The molecule has 0 saturated heterocycles. The number of rotatable bonds is 5. The van der Waals surface area contributed by atoms with Gasteiger partial charge in [0.1, 0.15) is 0 Å². The van der Waals surface area contributed by atoms with Crippen LogP contribution in [-0.4, -0.2) is 30.9 Å². The predicted octanol–water partition coefficient (Wildman–Crippen LogP) is 3.47. The number of nitrogens with one attached hydrogen (secondary N) is 2. The first-order chi connectivity index (χ1) is 15.8. The molecule has 0 bridgehead atoms. The molecule has 0 radical (unpaired) electrons. The van der Waals surface area contributed by atoms with Gasteiger partial charge in [-0.2, -0.15) is 0 Å². The molecule has 1 heterocycles. The number of sulfonamides is 1. The monoisotopic (exact) mass is 482 g/mol. The van der Waals surface area contributed by atoms with Crippen LogP contribution in [0, 0.1) is 10.1 Å². The van der Waals surface area contributed by atoms with Crippen molar-refractivity contribution in [2.24, 2.45) is 0 Å². The highest BCUT2D eigenvalue weighted by Gasteiger charge is 2.30. The van der Waals surface area contributed by atoms with E-state index in [0.717, 1.165) is 5.56 Å². The van der Waals surface area contributed by atoms with Crippen molar-refractivity contribution in [3.63, 3.8) is 0 Å². The van der Waals surface area contributed by atoms with Crippen molar-refractivity contribution in [2.45, 2.75) is 11.3 Å². The Morgan fingerprint density at radius 1 is 1.00 bits per heavy atom. The van der Waals surface area contributed by atoms with Crippen molar-refractivity contribution in [1.29, 1.82) is 0 Å². The van der Waals surface area contributed by atoms with Gasteiger partial charge in [0.25, 0.3) is 21.6 Å². The third-order valence-electron chi connectivity index (χ3n) is 5.11. The summed E-state index contributed by atoms with van der Waals surface area (Å²) >= 11 is 5.14. The van der Waals surface area contributed by atoms with E-state index in [1.54, 1.807) is 18.2 Å². The van der Waals surface area contributed by atoms with Crippen LogP contribution in [0.1, 0.15) is 15.9 Å². The van der Waals surface area contributed by atoms with Gasteiger partial charge in [-0.1, -0.05) is 18.2 Å². The van der Waals surface area contributed by atoms with Crippen LogP contribution in [0.25, 0.3) is 0 Å². The number of hydrogen-bond acceptors (Lipinski definition) is 6. The molecule has 0 aliphatic carbocycles. The molecule has 0 saturated carbocycles. The highest BCUT2D eigenvalue weighted by Crippen LogP contribution is 2.32. The number of nitrogens with zero attached hydrogens (tertiary/aromatic N) is 2. The van der Waals surface area contributed by atoms with Crippen LogP contribution in [0.2, 0.25) is 0 Å². The van der Waals surface area contributed by atoms with Crippen LogP contribution < -0.4 is 14.9 Å². The normalized spacial score (nSPS) is 12.7. The second kappa shape index (κ2) is 8.96. The molecule has 4 rings (SSSR count). The van der Waals surface area contributed by atoms with E-state index in [0.29, 0.717) is 24.3 Å². The maximum atomic E-state index is 13.1. The van der Waals surface area contributed by atoms with Gasteiger partial charge in [0.2, 0.25) is 0 Å². The molecule has 2 N–H and O–H groups in total. The zero-order valence-electron chi connectivity index (χ0n) is 17.1. The molecule has 0 atom stereocenters. The zero-order chi connectivity index (χ0) is 23.6. The van der Waals surface area contributed by atoms with E-state index in [1.807, 2.05) is 18.2 Å². The minimum atomic E-state index is -3.71. The Kier molecular flexibility index (Phi) is 6.07. The van der Waals surface area contributed by atoms with Crippen LogP contribution in [0.4, 0.5) is 17.1 Å². The molecule has 0 spiro atoms. The largest absolute Gasteiger partial charge is 0.332 e. The number of nitro benzene ring substituents is 1. The van der Waals surface area contributed by atoms with Crippen molar-refractivity contribution >= 4 is 50.3 Å². The number of para-hydroxylation sites is 1. The molecular formula is C22H18N4O5S2. The van der Waals surface area contributed by atoms with Gasteiger partial charge in [-0.15, -0.1) is 0 Å². The number of anilines is 2. The maximum Gasteiger partial charge on any atom is 0.269 e. The fourth-order valence-corrected chi connectivity index (χ4v) is 5.18. The number of fused-ring (bicyclic) bond motifs is 1. The lowest BCUT2D eigenvalue weighted by atomic mass is 10.2. The lowest BCUT2D eigenvalue weighted by molar-refractivity contribution is -0.384. The third-order valence-corrected chi connectivity index (χ3v) is 7.14. The van der Waals surface area contributed by atoms with Crippen molar-refractivity contribution < 1.29 is 18.1 Å². The number of hydrogen-bond donors (Lipinski definition) is 2. The first-order valence-corrected chi connectivity index (χ1v) is 11.7. The summed E-state index contributed by atoms with van der Waals surface area (Å²) in [6.07, 6.45) is 0.664. The van der Waals surface area contributed by atoms with Gasteiger partial charge in [0, 0.05) is 29.9 Å². The van der Waals surface area contributed by atoms with Gasteiger partial charge in [0.15, 0.2) is 5.11 Å². The summed E-state index contributed by atoms with van der Waals surface area (Å²) in [4.78, 5) is 22.6. The topological polar surface area (TPSA) is 122 Å². The lowest BCUT2D eigenvalue weighted by Crippen LogP contribution is -2.34. The molecule has 3 aromatic rings. The zero-order valence-corrected chi connectivity index (χ0v) is 18.7. The van der Waals surface area contributed by atoms with Gasteiger partial charge in [-0.05, 0) is 66.7 Å². The van der Waals surface area contributed by atoms with Gasteiger partial charge in [-0.25, -0.2) is 8.42 Å². The number of amides is 1. The number of carbonyl (C=O) groups excluding carboxylic acids is 1. The summed E-state index contributed by atoms with van der Waals surface area (Å²) in [5, 5.41) is 16.0. The van der Waals surface area contributed by atoms with Crippen molar-refractivity contribution in [2.75, 3.05) is 16.2 Å². The molecule has 0 unspecified atom stereocenters. The standard InChI is InChI=1S/C22H18N4O5S2/c27-21(16-5-9-18(10-6-16)26(28)29)24-22(32)23-17-7-11-19(12-8-17)33(30,31)25-14-13-15-3-1-2-4-20(15)25/h1-12H,13-14H2,(H2,23,24,27,32). The number of benzene rings is 3. The van der Waals surface area contributed by atoms with Crippen LogP contribution in [0.5, 0.6) is 0 Å². The summed E-state index contributed by atoms with van der Waals surface area (Å²) in [5.74, 6) is -0.533. The Morgan fingerprint density at radius 2 is 1.67 bits per heavy atom. The van der Waals surface area contributed by atoms with Crippen molar-refractivity contribution in [1.82, 2.24) is 5.32 Å². The maximum absolute atomic E-state index is 13.1. The summed E-state index contributed by atoms with van der Waals surface area (Å²) < 4.78 is 27.6. The van der Waals surface area contributed by atoms with E-state index in [2.05, 4.69) is 10.6 Å². The highest BCUT2D eigenvalue weighted by molar-refractivity contribution is 7.92. The van der Waals surface area contributed by atoms with Gasteiger partial charge < -0.3 is 5.32 Å². The molecular weight excluding hydrogens is 464 g/mol. The van der Waals surface area contributed by atoms with Crippen molar-refractivity contribution in [3.05, 3.63) is 94.0 Å². The molecule has 1 amide bonds. The van der Waals surface area contributed by atoms with Gasteiger partial charge >= 0.3 is 0 Å². The molecule has 168 valence electrons. The Bertz CT molecular complexity index is 1340. The Morgan fingerprint density at radius 3 is 2.33 bits per heavy atom. The summed E-state index contributed by atoms with van der Waals surface area (Å²) in [7, 11) is -3.71. The number of carbonyl (C=O) groups is 1. The molecule has 3 aromatic carbocycles. The van der Waals surface area contributed by atoms with E-state index in [4.69, 9.17) is 12.2 Å². The van der Waals surface area contributed by atoms with Gasteiger partial charge in [0.05, 0.1) is 15.5 Å². The second-order valence-corrected chi connectivity index (χ2v) is 9.46. The summed E-state index contributed by atoms with van der Waals surface area (Å²) in [6.45, 7) is 0.389. The van der Waals surface area contributed by atoms with E-state index < -0.39 is 20.9 Å². The van der Waals surface area contributed by atoms with E-state index >= 15 is 0 Å². The van der Waals surface area contributed by atoms with E-state index in [-0.39, 0.29) is 21.3 Å². The first kappa shape index (κ1) is 22.4. The smallest absolute Gasteiger partial charge is 0.269 e. The quantitative estimate of drug-likeness (QED) is 0.324. The minimum Gasteiger partial charge on any atom is -0.332 e. The fraction of sp³-hybridized carbons (Fsp3) is 0.0909. The van der Waals surface area contributed by atoms with E-state index in [1.165, 1.54) is 40.7 Å². The lowest BCUT2D eigenvalue weighted by Gasteiger charge is -2.19. The third kappa shape index (κ3) is 4.69. The summed E-state index contributed by atoms with van der Waals surface area (Å²) in [5.41, 5.74) is 2.25. The Hall–Kier alpha value is -3.83.